The molecule has 3 N–H and O–H groups in total. The van der Waals surface area contributed by atoms with Gasteiger partial charge in [-0.3, -0.25) is 4.90 Å². The molecule has 0 saturated carbocycles. The molecule has 0 aliphatic carbocycles. The minimum Gasteiger partial charge on any atom is -0.466 e. The maximum absolute atomic E-state index is 11.0. The highest BCUT2D eigenvalue weighted by molar-refractivity contribution is 14.0. The van der Waals surface area contributed by atoms with Crippen molar-refractivity contribution in [2.75, 3.05) is 46.3 Å². The molecular weight excluding hydrogens is 529 g/mol. The largest absolute Gasteiger partial charge is 0.466 e. The molecule has 0 spiro atoms. The summed E-state index contributed by atoms with van der Waals surface area (Å²) in [4.78, 5) is 9.59. The lowest BCUT2D eigenvalue weighted by Crippen LogP contribution is -2.44. The van der Waals surface area contributed by atoms with E-state index in [1.54, 1.807) is 6.92 Å². The van der Waals surface area contributed by atoms with Crippen LogP contribution in [0.25, 0.3) is 0 Å². The summed E-state index contributed by atoms with van der Waals surface area (Å²) in [5.41, 5.74) is 2.25. The Morgan fingerprint density at radius 3 is 2.30 bits per heavy atom. The van der Waals surface area contributed by atoms with Crippen LogP contribution in [0.1, 0.15) is 42.1 Å². The molecule has 1 aliphatic heterocycles. The predicted molar refractivity (Wildman–Crippen MR) is 145 cm³/mol. The number of nitrogens with zero attached hydrogens (tertiary/aromatic N) is 3. The molecule has 7 nitrogen and oxygen atoms in total. The maximum Gasteiger partial charge on any atom is 0.191 e. The summed E-state index contributed by atoms with van der Waals surface area (Å²) in [6.07, 6.45) is 0. The Balaban J connectivity index is 0.00000385. The van der Waals surface area contributed by atoms with Crippen LogP contribution in [0.15, 0.2) is 39.7 Å². The molecule has 1 aromatic heterocycles. The summed E-state index contributed by atoms with van der Waals surface area (Å²) in [5, 5.41) is 17.5. The molecule has 0 amide bonds. The molecular formula is C25H40IN5O2. The summed E-state index contributed by atoms with van der Waals surface area (Å²) in [6, 6.07) is 10.6. The molecule has 1 aromatic carbocycles. The number of hydrogen-bond donors (Lipinski definition) is 3. The van der Waals surface area contributed by atoms with E-state index in [0.717, 1.165) is 61.9 Å². The number of rotatable bonds is 8. The zero-order valence-electron chi connectivity index (χ0n) is 20.6. The lowest BCUT2D eigenvalue weighted by Gasteiger charge is -2.32. The Hall–Kier alpha value is -1.62. The molecule has 0 bridgehead atoms. The zero-order valence-corrected chi connectivity index (χ0v) is 23.0. The highest BCUT2D eigenvalue weighted by Gasteiger charge is 2.27. The fourth-order valence-corrected chi connectivity index (χ4v) is 4.04. The third kappa shape index (κ3) is 8.27. The van der Waals surface area contributed by atoms with Crippen molar-refractivity contribution in [3.63, 3.8) is 0 Å². The monoisotopic (exact) mass is 569 g/mol. The number of nitrogens with one attached hydrogen (secondary N) is 2. The second kappa shape index (κ2) is 12.7. The van der Waals surface area contributed by atoms with Gasteiger partial charge in [0.15, 0.2) is 5.96 Å². The van der Waals surface area contributed by atoms with Gasteiger partial charge in [-0.15, -0.1) is 24.0 Å². The van der Waals surface area contributed by atoms with Crippen LogP contribution < -0.4 is 10.6 Å². The summed E-state index contributed by atoms with van der Waals surface area (Å²) < 4.78 is 5.58. The quantitative estimate of drug-likeness (QED) is 0.258. The third-order valence-corrected chi connectivity index (χ3v) is 6.01. The van der Waals surface area contributed by atoms with Gasteiger partial charge in [-0.2, -0.15) is 0 Å². The number of benzene rings is 1. The molecule has 2 heterocycles. The van der Waals surface area contributed by atoms with E-state index in [1.165, 1.54) is 5.56 Å². The van der Waals surface area contributed by atoms with Gasteiger partial charge < -0.3 is 25.1 Å². The minimum absolute atomic E-state index is 0. The highest BCUT2D eigenvalue weighted by atomic mass is 127. The van der Waals surface area contributed by atoms with E-state index < -0.39 is 5.60 Å². The lowest BCUT2D eigenvalue weighted by atomic mass is 9.96. The number of guanidine groups is 1. The van der Waals surface area contributed by atoms with Crippen LogP contribution in [-0.4, -0.2) is 67.2 Å². The van der Waals surface area contributed by atoms with Crippen molar-refractivity contribution in [3.05, 3.63) is 58.5 Å². The van der Waals surface area contributed by atoms with Gasteiger partial charge in [0.1, 0.15) is 17.1 Å². The molecule has 1 unspecified atom stereocenters. The molecule has 1 atom stereocenters. The Kier molecular flexibility index (Phi) is 10.7. The van der Waals surface area contributed by atoms with Gasteiger partial charge >= 0.3 is 0 Å². The van der Waals surface area contributed by atoms with Crippen molar-refractivity contribution < 1.29 is 9.52 Å². The van der Waals surface area contributed by atoms with Crippen molar-refractivity contribution in [2.24, 2.45) is 4.99 Å². The van der Waals surface area contributed by atoms with Crippen LogP contribution in [0.2, 0.25) is 0 Å². The Bertz CT molecular complexity index is 887. The second-order valence-electron chi connectivity index (χ2n) is 9.05. The predicted octanol–water partition coefficient (Wildman–Crippen LogP) is 3.22. The van der Waals surface area contributed by atoms with Gasteiger partial charge in [-0.25, -0.2) is 4.99 Å². The van der Waals surface area contributed by atoms with E-state index >= 15 is 0 Å². The fourth-order valence-electron chi connectivity index (χ4n) is 4.04. The summed E-state index contributed by atoms with van der Waals surface area (Å²) >= 11 is 0. The van der Waals surface area contributed by atoms with E-state index in [1.807, 2.05) is 26.8 Å². The molecule has 0 radical (unpaired) electrons. The first-order chi connectivity index (χ1) is 15.3. The van der Waals surface area contributed by atoms with Gasteiger partial charge in [0.2, 0.25) is 0 Å². The number of aliphatic hydroxyl groups is 1. The van der Waals surface area contributed by atoms with Crippen LogP contribution in [-0.2, 0) is 18.7 Å². The Morgan fingerprint density at radius 1 is 1.09 bits per heavy atom. The minimum atomic E-state index is -1.05. The summed E-state index contributed by atoms with van der Waals surface area (Å²) in [5.74, 6) is 2.23. The molecule has 1 aliphatic rings. The van der Waals surface area contributed by atoms with Crippen LogP contribution in [0.5, 0.6) is 0 Å². The van der Waals surface area contributed by atoms with Crippen LogP contribution in [0, 0.1) is 13.8 Å². The average molecular weight is 570 g/mol. The standard InChI is InChI=1S/C25H39N5O2.HI/c1-6-26-24(28-18-25(4,31)23-15-19(2)32-20(23)3)27-16-21-7-9-22(10-8-21)17-30-13-11-29(5)12-14-30;/h7-10,15,31H,6,11-14,16-18H2,1-5H3,(H2,26,27,28);1H. The SMILES string of the molecule is CCNC(=NCc1ccc(CN2CCN(C)CC2)cc1)NCC(C)(O)c1cc(C)oc1C.I. The van der Waals surface area contributed by atoms with Crippen LogP contribution in [0.4, 0.5) is 0 Å². The Morgan fingerprint density at radius 2 is 1.73 bits per heavy atom. The first-order valence-electron chi connectivity index (χ1n) is 11.6. The first kappa shape index (κ1) is 27.6. The lowest BCUT2D eigenvalue weighted by molar-refractivity contribution is 0.0601. The van der Waals surface area contributed by atoms with E-state index in [0.29, 0.717) is 19.0 Å². The highest BCUT2D eigenvalue weighted by Crippen LogP contribution is 2.26. The molecule has 1 fully saturated rings. The molecule has 2 aromatic rings. The first-order valence-corrected chi connectivity index (χ1v) is 11.6. The molecule has 8 heteroatoms. The van der Waals surface area contributed by atoms with Gasteiger partial charge in [-0.05, 0) is 51.9 Å². The van der Waals surface area contributed by atoms with Gasteiger partial charge in [0, 0.05) is 44.8 Å². The normalized spacial score (nSPS) is 17.3. The van der Waals surface area contributed by atoms with E-state index in [4.69, 9.17) is 9.41 Å². The van der Waals surface area contributed by atoms with Crippen molar-refractivity contribution in [1.82, 2.24) is 20.4 Å². The smallest absolute Gasteiger partial charge is 0.191 e. The third-order valence-electron chi connectivity index (χ3n) is 6.01. The zero-order chi connectivity index (χ0) is 23.1. The number of piperazine rings is 1. The van der Waals surface area contributed by atoms with Gasteiger partial charge in [-0.1, -0.05) is 24.3 Å². The summed E-state index contributed by atoms with van der Waals surface area (Å²) in [6.45, 7) is 14.8. The van der Waals surface area contributed by atoms with Gasteiger partial charge in [0.25, 0.3) is 0 Å². The number of furan rings is 1. The van der Waals surface area contributed by atoms with Crippen molar-refractivity contribution in [1.29, 1.82) is 0 Å². The number of hydrogen-bond acceptors (Lipinski definition) is 5. The average Bonchev–Trinajstić information content (AvgIpc) is 3.12. The number of halogens is 1. The van der Waals surface area contributed by atoms with E-state index in [2.05, 4.69) is 51.7 Å². The van der Waals surface area contributed by atoms with E-state index in [9.17, 15) is 5.11 Å². The van der Waals surface area contributed by atoms with Crippen molar-refractivity contribution in [2.45, 2.75) is 46.4 Å². The van der Waals surface area contributed by atoms with Crippen LogP contribution >= 0.6 is 24.0 Å². The Labute approximate surface area is 215 Å². The van der Waals surface area contributed by atoms with Crippen LogP contribution in [0.3, 0.4) is 0 Å². The van der Waals surface area contributed by atoms with Crippen molar-refractivity contribution in [3.8, 4) is 0 Å². The number of aryl methyl sites for hydroxylation is 2. The fraction of sp³-hybridized carbons (Fsp3) is 0.560. The number of aliphatic imine (C=N–C) groups is 1. The summed E-state index contributed by atoms with van der Waals surface area (Å²) in [7, 11) is 2.18. The molecule has 1 saturated heterocycles. The molecule has 3 rings (SSSR count). The van der Waals surface area contributed by atoms with E-state index in [-0.39, 0.29) is 24.0 Å². The number of likely N-dealkylation sites (N-methyl/N-ethyl adjacent to an activating group) is 1. The van der Waals surface area contributed by atoms with Gasteiger partial charge in [0.05, 0.1) is 13.1 Å². The molecule has 33 heavy (non-hydrogen) atoms. The maximum atomic E-state index is 11.0. The van der Waals surface area contributed by atoms with Crippen molar-refractivity contribution >= 4 is 29.9 Å². The molecule has 184 valence electrons. The topological polar surface area (TPSA) is 76.3 Å². The second-order valence-corrected chi connectivity index (χ2v) is 9.05.